The van der Waals surface area contributed by atoms with Gasteiger partial charge in [0, 0.05) is 26.3 Å². The van der Waals surface area contributed by atoms with Crippen molar-refractivity contribution in [2.75, 3.05) is 14.2 Å². The number of nitrogens with one attached hydrogen (secondary N) is 1. The minimum atomic E-state index is -0.180. The van der Waals surface area contributed by atoms with E-state index >= 15 is 0 Å². The van der Waals surface area contributed by atoms with Crippen molar-refractivity contribution in [3.63, 3.8) is 0 Å². The lowest BCUT2D eigenvalue weighted by atomic mass is 9.95. The Morgan fingerprint density at radius 3 is 2.60 bits per heavy atom. The molecule has 25 heavy (non-hydrogen) atoms. The van der Waals surface area contributed by atoms with Gasteiger partial charge in [0.1, 0.15) is 11.4 Å². The van der Waals surface area contributed by atoms with Gasteiger partial charge in [0.2, 0.25) is 5.88 Å². The molecule has 2 N–H and O–H groups in total. The van der Waals surface area contributed by atoms with Gasteiger partial charge >= 0.3 is 0 Å². The Hall–Kier alpha value is -2.48. The number of carbonyl (C=O) groups excluding carboxylic acids is 1. The number of hydrogen-bond acceptors (Lipinski definition) is 6. The first kappa shape index (κ1) is 18.9. The molecular formula is C17H25N5O3. The fraction of sp³-hybridized carbons (Fsp3) is 0.529. The molecule has 8 nitrogen and oxygen atoms in total. The molecule has 2 heterocycles. The first-order valence-corrected chi connectivity index (χ1v) is 8.32. The van der Waals surface area contributed by atoms with Crippen LogP contribution in [0, 0.1) is 0 Å². The highest BCUT2D eigenvalue weighted by Crippen LogP contribution is 2.20. The zero-order valence-corrected chi connectivity index (χ0v) is 14.9. The van der Waals surface area contributed by atoms with Gasteiger partial charge in [-0.3, -0.25) is 4.79 Å². The molecule has 0 atom stereocenters. The van der Waals surface area contributed by atoms with Crippen LogP contribution in [0.5, 0.6) is 5.88 Å². The van der Waals surface area contributed by atoms with E-state index in [1.165, 1.54) is 13.5 Å². The van der Waals surface area contributed by atoms with Crippen molar-refractivity contribution >= 4 is 5.91 Å². The van der Waals surface area contributed by atoms with Gasteiger partial charge in [-0.1, -0.05) is 19.3 Å². The second kappa shape index (κ2) is 9.12. The summed E-state index contributed by atoms with van der Waals surface area (Å²) in [6.45, 7) is 0. The molecule has 1 amide bonds. The monoisotopic (exact) mass is 347 g/mol. The Bertz CT molecular complexity index is 695. The van der Waals surface area contributed by atoms with Gasteiger partial charge in [-0.2, -0.15) is 4.98 Å². The first-order valence-electron chi connectivity index (χ1n) is 8.32. The normalized spacial score (nSPS) is 14.4. The third-order valence-corrected chi connectivity index (χ3v) is 4.13. The van der Waals surface area contributed by atoms with E-state index in [9.17, 15) is 4.79 Å². The average Bonchev–Trinajstić information content (AvgIpc) is 3.09. The van der Waals surface area contributed by atoms with Crippen LogP contribution in [-0.4, -0.2) is 50.8 Å². The number of ether oxygens (including phenoxy) is 1. The lowest BCUT2D eigenvalue weighted by Crippen LogP contribution is -2.36. The first-order chi connectivity index (χ1) is 12.2. The van der Waals surface area contributed by atoms with E-state index in [0.29, 0.717) is 17.4 Å². The number of amides is 1. The molecule has 1 aliphatic carbocycles. The van der Waals surface area contributed by atoms with Crippen LogP contribution in [0.15, 0.2) is 18.6 Å². The van der Waals surface area contributed by atoms with E-state index in [1.54, 1.807) is 23.2 Å². The van der Waals surface area contributed by atoms with Gasteiger partial charge in [0.25, 0.3) is 5.91 Å². The van der Waals surface area contributed by atoms with Crippen molar-refractivity contribution in [2.45, 2.75) is 38.1 Å². The quantitative estimate of drug-likeness (QED) is 0.870. The number of aromatic nitrogens is 4. The Morgan fingerprint density at radius 1 is 1.28 bits per heavy atom. The molecule has 0 spiro atoms. The molecule has 0 bridgehead atoms. The molecule has 1 saturated carbocycles. The molecule has 0 aromatic carbocycles. The van der Waals surface area contributed by atoms with Crippen LogP contribution in [0.1, 0.15) is 42.6 Å². The number of nitrogens with zero attached hydrogens (tertiary/aromatic N) is 4. The van der Waals surface area contributed by atoms with E-state index in [2.05, 4.69) is 20.3 Å². The predicted molar refractivity (Wildman–Crippen MR) is 93.3 cm³/mol. The van der Waals surface area contributed by atoms with Crippen molar-refractivity contribution in [1.29, 1.82) is 0 Å². The molecule has 3 rings (SSSR count). The van der Waals surface area contributed by atoms with Crippen LogP contribution in [0.25, 0.3) is 11.5 Å². The Kier molecular flexibility index (Phi) is 6.88. The fourth-order valence-electron chi connectivity index (χ4n) is 2.84. The van der Waals surface area contributed by atoms with E-state index < -0.39 is 0 Å². The average molecular weight is 347 g/mol. The summed E-state index contributed by atoms with van der Waals surface area (Å²) in [6.07, 6.45) is 8.97. The summed E-state index contributed by atoms with van der Waals surface area (Å²) in [5.41, 5.74) is 1.05. The van der Waals surface area contributed by atoms with Gasteiger partial charge in [-0.15, -0.1) is 0 Å². The number of aliphatic hydroxyl groups is 1. The zero-order chi connectivity index (χ0) is 18.2. The van der Waals surface area contributed by atoms with Gasteiger partial charge in [0.05, 0.1) is 19.6 Å². The number of hydrogen-bond donors (Lipinski definition) is 2. The summed E-state index contributed by atoms with van der Waals surface area (Å²) < 4.78 is 7.02. The Labute approximate surface area is 147 Å². The fourth-order valence-corrected chi connectivity index (χ4v) is 2.84. The Balaban J connectivity index is 0.00000109. The maximum absolute atomic E-state index is 12.5. The highest BCUT2D eigenvalue weighted by Gasteiger charge is 2.19. The number of aryl methyl sites for hydroxylation is 1. The van der Waals surface area contributed by atoms with Crippen molar-refractivity contribution in [3.05, 3.63) is 24.3 Å². The summed E-state index contributed by atoms with van der Waals surface area (Å²) >= 11 is 0. The maximum atomic E-state index is 12.5. The molecule has 0 aliphatic heterocycles. The van der Waals surface area contributed by atoms with Crippen molar-refractivity contribution in [1.82, 2.24) is 24.8 Å². The molecule has 136 valence electrons. The zero-order valence-electron chi connectivity index (χ0n) is 14.9. The molecule has 0 saturated heterocycles. The summed E-state index contributed by atoms with van der Waals surface area (Å²) in [5.74, 6) is 0.615. The molecule has 0 unspecified atom stereocenters. The lowest BCUT2D eigenvalue weighted by molar-refractivity contribution is 0.0922. The van der Waals surface area contributed by atoms with Crippen molar-refractivity contribution < 1.29 is 14.6 Å². The molecule has 1 fully saturated rings. The highest BCUT2D eigenvalue weighted by molar-refractivity contribution is 5.93. The largest absolute Gasteiger partial charge is 0.481 e. The molecule has 8 heteroatoms. The van der Waals surface area contributed by atoms with E-state index in [-0.39, 0.29) is 11.9 Å². The number of imidazole rings is 1. The van der Waals surface area contributed by atoms with Gasteiger partial charge < -0.3 is 19.7 Å². The summed E-state index contributed by atoms with van der Waals surface area (Å²) in [5, 5.41) is 10.1. The van der Waals surface area contributed by atoms with E-state index in [1.807, 2.05) is 7.05 Å². The Morgan fingerprint density at radius 2 is 2.00 bits per heavy atom. The van der Waals surface area contributed by atoms with Crippen molar-refractivity contribution in [3.8, 4) is 17.4 Å². The van der Waals surface area contributed by atoms with E-state index in [0.717, 1.165) is 38.5 Å². The number of methoxy groups -OCH3 is 1. The molecule has 2 aromatic heterocycles. The van der Waals surface area contributed by atoms with Crippen LogP contribution >= 0.6 is 0 Å². The van der Waals surface area contributed by atoms with Gasteiger partial charge in [-0.05, 0) is 12.8 Å². The van der Waals surface area contributed by atoms with E-state index in [4.69, 9.17) is 9.84 Å². The lowest BCUT2D eigenvalue weighted by Gasteiger charge is -2.22. The standard InChI is InChI=1S/C16H21N5O2.CH4O/c1-21-10-17-9-13(21)15-19-12(8-14(20-15)23-2)16(22)18-11-6-4-3-5-7-11;1-2/h8-11H,3-7H2,1-2H3,(H,18,22);2H,1H3. The third-order valence-electron chi connectivity index (χ3n) is 4.13. The van der Waals surface area contributed by atoms with Crippen molar-refractivity contribution in [2.24, 2.45) is 7.05 Å². The predicted octanol–water partition coefficient (Wildman–Crippen LogP) is 1.56. The maximum Gasteiger partial charge on any atom is 0.270 e. The minimum absolute atomic E-state index is 0.180. The van der Waals surface area contributed by atoms with Gasteiger partial charge in [-0.25, -0.2) is 9.97 Å². The second-order valence-electron chi connectivity index (χ2n) is 5.82. The number of carbonyl (C=O) groups is 1. The molecule has 1 aliphatic rings. The highest BCUT2D eigenvalue weighted by atomic mass is 16.5. The molecule has 2 aromatic rings. The smallest absolute Gasteiger partial charge is 0.270 e. The van der Waals surface area contributed by atoms with Gasteiger partial charge in [0.15, 0.2) is 5.82 Å². The number of rotatable bonds is 4. The molecule has 0 radical (unpaired) electrons. The topological polar surface area (TPSA) is 102 Å². The van der Waals surface area contributed by atoms with Crippen LogP contribution < -0.4 is 10.1 Å². The molecular weight excluding hydrogens is 322 g/mol. The second-order valence-corrected chi connectivity index (χ2v) is 5.82. The van der Waals surface area contributed by atoms with Crippen LogP contribution in [0.2, 0.25) is 0 Å². The summed E-state index contributed by atoms with van der Waals surface area (Å²) in [7, 11) is 4.38. The minimum Gasteiger partial charge on any atom is -0.481 e. The summed E-state index contributed by atoms with van der Waals surface area (Å²) in [6, 6.07) is 1.80. The van der Waals surface area contributed by atoms with Crippen LogP contribution in [0.3, 0.4) is 0 Å². The SMILES string of the molecule is CO.COc1cc(C(=O)NC2CCCCC2)nc(-c2cncn2C)n1. The summed E-state index contributed by atoms with van der Waals surface area (Å²) in [4.78, 5) is 25.3. The number of aliphatic hydroxyl groups excluding tert-OH is 1. The van der Waals surface area contributed by atoms with Crippen LogP contribution in [-0.2, 0) is 7.05 Å². The van der Waals surface area contributed by atoms with Crippen LogP contribution in [0.4, 0.5) is 0 Å². The third kappa shape index (κ3) is 4.76.